The summed E-state index contributed by atoms with van der Waals surface area (Å²) in [5, 5.41) is 0. The number of hydrogen-bond acceptors (Lipinski definition) is 9. The van der Waals surface area contributed by atoms with E-state index in [0.717, 1.165) is 98.0 Å². The van der Waals surface area contributed by atoms with Gasteiger partial charge in [0.05, 0.1) is 25.0 Å². The minimum atomic E-state index is -0.742. The van der Waals surface area contributed by atoms with Crippen molar-refractivity contribution >= 4 is 18.3 Å². The second kappa shape index (κ2) is 23.4. The van der Waals surface area contributed by atoms with Gasteiger partial charge >= 0.3 is 18.3 Å². The summed E-state index contributed by atoms with van der Waals surface area (Å²) in [6, 6.07) is 53.3. The molecule has 416 valence electrons. The van der Waals surface area contributed by atoms with Crippen molar-refractivity contribution in [3.05, 3.63) is 202 Å². The Kier molecular flexibility index (Phi) is 15.6. The fourth-order valence-electron chi connectivity index (χ4n) is 15.5. The molecule has 2 aliphatic heterocycles. The smallest absolute Gasteiger partial charge is 0.493 e. The topological polar surface area (TPSA) is 113 Å². The number of hydrogen-bond donors (Lipinski definition) is 0. The summed E-state index contributed by atoms with van der Waals surface area (Å²) < 4.78 is 37.8. The van der Waals surface area contributed by atoms with Gasteiger partial charge in [0.15, 0.2) is 0 Å². The maximum Gasteiger partial charge on any atom is 0.508 e. The van der Waals surface area contributed by atoms with E-state index in [0.29, 0.717) is 24.9 Å². The van der Waals surface area contributed by atoms with Gasteiger partial charge < -0.3 is 38.2 Å². The fourth-order valence-corrected chi connectivity index (χ4v) is 15.5. The molecule has 4 bridgehead atoms. The van der Waals surface area contributed by atoms with Gasteiger partial charge in [-0.3, -0.25) is 0 Å². The van der Waals surface area contributed by atoms with Gasteiger partial charge in [-0.25, -0.2) is 14.4 Å². The van der Waals surface area contributed by atoms with Crippen molar-refractivity contribution < 1.29 is 42.8 Å². The monoisotopic (exact) mass is 1080 g/mol. The van der Waals surface area contributed by atoms with Crippen molar-refractivity contribution in [2.75, 3.05) is 26.3 Å². The number of likely N-dealkylation sites (tertiary alicyclic amines) is 2. The van der Waals surface area contributed by atoms with Crippen molar-refractivity contribution in [3.8, 4) is 11.5 Å². The molecule has 6 aromatic carbocycles. The Morgan fingerprint density at radius 3 is 1.31 bits per heavy atom. The molecule has 2 heterocycles. The maximum atomic E-state index is 14.0. The highest BCUT2D eigenvalue weighted by atomic mass is 16.7. The number of rotatable bonds is 16. The highest BCUT2D eigenvalue weighted by molar-refractivity contribution is 5.70. The van der Waals surface area contributed by atoms with Gasteiger partial charge in [-0.05, 0) is 146 Å². The van der Waals surface area contributed by atoms with Crippen LogP contribution in [-0.4, -0.2) is 78.7 Å². The molecule has 0 spiro atoms. The molecule has 80 heavy (non-hydrogen) atoms. The molecule has 0 radical (unpaired) electrons. The van der Waals surface area contributed by atoms with Crippen LogP contribution in [0, 0.1) is 11.8 Å². The third-order valence-corrected chi connectivity index (χ3v) is 19.5. The molecular formula is C69H76N2O9. The Morgan fingerprint density at radius 2 is 0.900 bits per heavy atom. The van der Waals surface area contributed by atoms with Crippen LogP contribution < -0.4 is 9.47 Å². The SMILES string of the molecule is CC(OC(=O)OC(C)C(COc1ccc2c(c1)[C@@]13CCCC[C@H]1[C@@H](C2)N(C(=O)OCc1ccccc1)CC3)c1ccccc1)C(COc1ccc2c(c1)[C@@]13CCCC[C@H]1[C@@H](C2)N(C(=O)OCc1ccccc1)CC3)c1ccccc1. The summed E-state index contributed by atoms with van der Waals surface area (Å²) in [6.45, 7) is 6.30. The molecule has 4 aliphatic carbocycles. The molecule has 0 N–H and O–H groups in total. The van der Waals surface area contributed by atoms with E-state index in [4.69, 9.17) is 28.4 Å². The molecule has 0 aromatic heterocycles. The van der Waals surface area contributed by atoms with E-state index >= 15 is 0 Å². The summed E-state index contributed by atoms with van der Waals surface area (Å²) in [4.78, 5) is 45.4. The lowest BCUT2D eigenvalue weighted by Gasteiger charge is -2.58. The van der Waals surface area contributed by atoms with Crippen LogP contribution in [0.2, 0.25) is 0 Å². The lowest BCUT2D eigenvalue weighted by molar-refractivity contribution is -0.0153. The van der Waals surface area contributed by atoms with Crippen LogP contribution in [-0.2, 0) is 55.8 Å². The number of ether oxygens (including phenoxy) is 6. The van der Waals surface area contributed by atoms with E-state index in [9.17, 15) is 14.4 Å². The van der Waals surface area contributed by atoms with Gasteiger partial charge in [0.25, 0.3) is 0 Å². The van der Waals surface area contributed by atoms with Crippen LogP contribution in [0.3, 0.4) is 0 Å². The number of nitrogens with zero attached hydrogens (tertiary/aromatic N) is 2. The third-order valence-electron chi connectivity index (χ3n) is 19.5. The minimum Gasteiger partial charge on any atom is -0.493 e. The molecule has 12 rings (SSSR count). The second-order valence-electron chi connectivity index (χ2n) is 23.7. The van der Waals surface area contributed by atoms with Crippen LogP contribution in [0.5, 0.6) is 11.5 Å². The summed E-state index contributed by atoms with van der Waals surface area (Å²) in [7, 11) is 0. The van der Waals surface area contributed by atoms with Crippen molar-refractivity contribution in [1.29, 1.82) is 0 Å². The van der Waals surface area contributed by atoms with Crippen LogP contribution in [0.15, 0.2) is 158 Å². The molecule has 6 aromatic rings. The van der Waals surface area contributed by atoms with Gasteiger partial charge in [0.2, 0.25) is 0 Å². The van der Waals surface area contributed by atoms with Gasteiger partial charge in [-0.15, -0.1) is 0 Å². The summed E-state index contributed by atoms with van der Waals surface area (Å²) >= 11 is 0. The second-order valence-corrected chi connectivity index (χ2v) is 23.7. The van der Waals surface area contributed by atoms with Crippen molar-refractivity contribution in [1.82, 2.24) is 9.80 Å². The first kappa shape index (κ1) is 53.4. The van der Waals surface area contributed by atoms with E-state index in [-0.39, 0.29) is 73.4 Å². The molecule has 11 heteroatoms. The van der Waals surface area contributed by atoms with E-state index < -0.39 is 18.4 Å². The van der Waals surface area contributed by atoms with Gasteiger partial charge in [0, 0.05) is 36.0 Å². The van der Waals surface area contributed by atoms with Crippen molar-refractivity contribution in [2.24, 2.45) is 11.8 Å². The predicted octanol–water partition coefficient (Wildman–Crippen LogP) is 14.4. The Labute approximate surface area is 471 Å². The number of carbonyl (C=O) groups is 3. The average Bonchev–Trinajstić information content (AvgIpc) is 3.68. The quantitative estimate of drug-likeness (QED) is 0.0690. The number of carbonyl (C=O) groups excluding carboxylic acids is 3. The molecule has 2 amide bonds. The zero-order valence-corrected chi connectivity index (χ0v) is 46.4. The number of benzene rings is 6. The summed E-state index contributed by atoms with van der Waals surface area (Å²) in [5.74, 6) is 1.73. The molecular weight excluding hydrogens is 1000 g/mol. The maximum absolute atomic E-state index is 14.0. The Morgan fingerprint density at radius 1 is 0.500 bits per heavy atom. The minimum absolute atomic E-state index is 0.0192. The molecule has 11 nitrogen and oxygen atoms in total. The first-order valence-corrected chi connectivity index (χ1v) is 29.6. The van der Waals surface area contributed by atoms with Crippen LogP contribution in [0.25, 0.3) is 0 Å². The zero-order valence-electron chi connectivity index (χ0n) is 46.4. The fraction of sp³-hybridized carbons (Fsp3) is 0.435. The van der Waals surface area contributed by atoms with Crippen LogP contribution in [0.4, 0.5) is 14.4 Å². The van der Waals surface area contributed by atoms with E-state index in [1.54, 1.807) is 0 Å². The molecule has 4 fully saturated rings. The summed E-state index contributed by atoms with van der Waals surface area (Å²) in [5.41, 5.74) is 9.23. The van der Waals surface area contributed by atoms with E-state index in [1.165, 1.54) is 35.1 Å². The predicted molar refractivity (Wildman–Crippen MR) is 307 cm³/mol. The molecule has 4 unspecified atom stereocenters. The molecule has 2 saturated heterocycles. The Balaban J connectivity index is 0.703. The van der Waals surface area contributed by atoms with Gasteiger partial charge in [0.1, 0.15) is 36.9 Å². The Bertz CT molecular complexity index is 2900. The average molecular weight is 1080 g/mol. The van der Waals surface area contributed by atoms with Crippen LogP contribution in [0.1, 0.15) is 134 Å². The first-order valence-electron chi connectivity index (χ1n) is 29.6. The van der Waals surface area contributed by atoms with Crippen LogP contribution >= 0.6 is 0 Å². The molecule has 2 saturated carbocycles. The lowest BCUT2D eigenvalue weighted by Crippen LogP contribution is -2.62. The van der Waals surface area contributed by atoms with Gasteiger partial charge in [-0.1, -0.05) is 159 Å². The third kappa shape index (κ3) is 10.8. The number of piperidine rings is 2. The van der Waals surface area contributed by atoms with E-state index in [2.05, 4.69) is 60.7 Å². The van der Waals surface area contributed by atoms with Gasteiger partial charge in [-0.2, -0.15) is 0 Å². The number of fused-ring (bicyclic) bond motifs is 2. The lowest BCUT2D eigenvalue weighted by atomic mass is 9.52. The highest BCUT2D eigenvalue weighted by Gasteiger charge is 2.57. The molecule has 10 atom stereocenters. The largest absolute Gasteiger partial charge is 0.508 e. The number of amides is 2. The van der Waals surface area contributed by atoms with Crippen molar-refractivity contribution in [2.45, 2.75) is 151 Å². The highest BCUT2D eigenvalue weighted by Crippen LogP contribution is 2.58. The standard InChI is InChI=1S/C69H76N2O9/c1-47(57(51-23-11-5-12-24-51)45-75-55-31-29-53-39-63-59-27-15-17-33-68(59,61(53)41-55)35-37-70(63)65(72)77-43-49-19-7-3-8-20-49)79-67(74)80-48(2)58(52-25-13-6-14-26-52)46-76-56-32-30-54-40-64-60-28-16-18-34-69(60,62(54)42-56)36-38-71(64)66(73)78-44-50-21-9-4-10-22-50/h3-14,19-26,29-32,41-42,47-48,57-60,63-64H,15-18,27-28,33-40,43-46H2,1-2H3/t47?,48?,57?,58?,59-,60-,63+,64+,68+,69+/m0/s1. The first-order chi connectivity index (χ1) is 39.2. The van der Waals surface area contributed by atoms with E-state index in [1.807, 2.05) is 121 Å². The van der Waals surface area contributed by atoms with Crippen molar-refractivity contribution in [3.63, 3.8) is 0 Å². The molecule has 6 aliphatic rings. The normalized spacial score (nSPS) is 24.9. The summed E-state index contributed by atoms with van der Waals surface area (Å²) in [6.07, 6.45) is 10.1. The zero-order chi connectivity index (χ0) is 54.6. The Hall–Kier alpha value is -7.27.